The number of imidazole rings is 1. The smallest absolute Gasteiger partial charge is 0.304 e. The number of aliphatic hydroxyl groups is 1. The number of pyridine rings is 1. The number of hydrogen-bond donors (Lipinski definition) is 3. The van der Waals surface area contributed by atoms with Gasteiger partial charge in [0.2, 0.25) is 0 Å². The molecule has 3 N–H and O–H groups in total. The van der Waals surface area contributed by atoms with Gasteiger partial charge in [0.15, 0.2) is 0 Å². The van der Waals surface area contributed by atoms with Crippen molar-refractivity contribution in [1.29, 1.82) is 0 Å². The van der Waals surface area contributed by atoms with Crippen molar-refractivity contribution in [2.45, 2.75) is 11.5 Å². The maximum absolute atomic E-state index is 11.0. The van der Waals surface area contributed by atoms with Gasteiger partial charge in [-0.2, -0.15) is 9.79 Å². The average Bonchev–Trinajstić information content (AvgIpc) is 2.72. The van der Waals surface area contributed by atoms with Crippen LogP contribution < -0.4 is 0 Å². The Kier molecular flexibility index (Phi) is 3.52. The Hall–Kier alpha value is -1.23. The molecule has 2 aromatic rings. The fraction of sp³-hybridized carbons (Fsp3) is 0.222. The highest BCUT2D eigenvalue weighted by atomic mass is 31.2. The number of rotatable bonds is 4. The number of nitrogens with zero attached hydrogens (tertiary/aromatic N) is 2. The summed E-state index contributed by atoms with van der Waals surface area (Å²) in [5, 5.41) is 7.23. The standard InChI is InChI=1S/C9H8N2O5P2/c12-9(17(13)14,18(15)16)5-7-6-10-8-3-1-2-4-11(7)8/h1-4,6,12H,5H2/p+2. The molecule has 0 amide bonds. The van der Waals surface area contributed by atoms with Gasteiger partial charge in [-0.15, -0.1) is 0 Å². The third-order valence-electron chi connectivity index (χ3n) is 2.52. The van der Waals surface area contributed by atoms with E-state index < -0.39 is 27.6 Å². The summed E-state index contributed by atoms with van der Waals surface area (Å²) >= 11 is 0. The van der Waals surface area contributed by atoms with Crippen LogP contribution in [0.4, 0.5) is 0 Å². The van der Waals surface area contributed by atoms with Crippen molar-refractivity contribution in [2.75, 3.05) is 0 Å². The zero-order valence-corrected chi connectivity index (χ0v) is 10.8. The molecular formula is C9H10N2O5P2+2. The third kappa shape index (κ3) is 2.19. The van der Waals surface area contributed by atoms with Gasteiger partial charge in [-0.1, -0.05) is 6.07 Å². The van der Waals surface area contributed by atoms with Gasteiger partial charge < -0.3 is 9.51 Å². The van der Waals surface area contributed by atoms with Gasteiger partial charge in [0.1, 0.15) is 12.1 Å². The first-order chi connectivity index (χ1) is 8.45. The number of fused-ring (bicyclic) bond motifs is 1. The average molecular weight is 288 g/mol. The third-order valence-corrected chi connectivity index (χ3v) is 5.09. The molecule has 2 atom stereocenters. The van der Waals surface area contributed by atoms with Gasteiger partial charge in [0.25, 0.3) is 0 Å². The lowest BCUT2D eigenvalue weighted by Crippen LogP contribution is -2.23. The van der Waals surface area contributed by atoms with Gasteiger partial charge in [-0.25, -0.2) is 4.98 Å². The molecule has 9 heteroatoms. The van der Waals surface area contributed by atoms with Crippen LogP contribution in [0.1, 0.15) is 5.69 Å². The Bertz CT molecular complexity index is 612. The molecule has 0 fully saturated rings. The van der Waals surface area contributed by atoms with Crippen molar-refractivity contribution in [3.05, 3.63) is 36.3 Å². The van der Waals surface area contributed by atoms with Gasteiger partial charge in [0, 0.05) is 12.4 Å². The van der Waals surface area contributed by atoms with Crippen LogP contribution in [0.2, 0.25) is 0 Å². The molecule has 2 heterocycles. The predicted octanol–water partition coefficient (Wildman–Crippen LogP) is 0.992. The maximum atomic E-state index is 11.0. The lowest BCUT2D eigenvalue weighted by molar-refractivity contribution is 0.182. The molecule has 0 saturated heterocycles. The summed E-state index contributed by atoms with van der Waals surface area (Å²) in [6, 6.07) is 5.19. The summed E-state index contributed by atoms with van der Waals surface area (Å²) in [6.45, 7) is 0. The molecule has 0 aliphatic rings. The number of hydrogen-bond acceptors (Lipinski definition) is 4. The summed E-state index contributed by atoms with van der Waals surface area (Å²) in [5.41, 5.74) is 0.957. The molecule has 0 aromatic carbocycles. The largest absolute Gasteiger partial charge is 0.600 e. The van der Waals surface area contributed by atoms with Crippen LogP contribution in [0.5, 0.6) is 0 Å². The Balaban J connectivity index is 2.44. The second-order valence-electron chi connectivity index (χ2n) is 3.68. The Morgan fingerprint density at radius 1 is 1.28 bits per heavy atom. The molecule has 94 valence electrons. The van der Waals surface area contributed by atoms with E-state index >= 15 is 0 Å². The molecule has 18 heavy (non-hydrogen) atoms. The Morgan fingerprint density at radius 3 is 2.56 bits per heavy atom. The van der Waals surface area contributed by atoms with E-state index in [1.165, 1.54) is 6.20 Å². The zero-order chi connectivity index (χ0) is 13.3. The van der Waals surface area contributed by atoms with Crippen LogP contribution in [-0.2, 0) is 15.6 Å². The van der Waals surface area contributed by atoms with E-state index in [0.717, 1.165) is 0 Å². The molecular weight excluding hydrogens is 278 g/mol. The van der Waals surface area contributed by atoms with E-state index in [1.807, 2.05) is 0 Å². The van der Waals surface area contributed by atoms with Crippen molar-refractivity contribution < 1.29 is 24.0 Å². The minimum atomic E-state index is -3.21. The van der Waals surface area contributed by atoms with E-state index in [-0.39, 0.29) is 0 Å². The molecule has 2 unspecified atom stereocenters. The van der Waals surface area contributed by atoms with Crippen molar-refractivity contribution in [3.8, 4) is 0 Å². The minimum Gasteiger partial charge on any atom is -0.304 e. The fourth-order valence-electron chi connectivity index (χ4n) is 1.57. The molecule has 2 rings (SSSR count). The minimum absolute atomic E-state index is 0.378. The highest BCUT2D eigenvalue weighted by Gasteiger charge is 2.67. The molecule has 0 aliphatic carbocycles. The van der Waals surface area contributed by atoms with E-state index in [1.54, 1.807) is 28.8 Å². The van der Waals surface area contributed by atoms with E-state index in [9.17, 15) is 14.2 Å². The topological polar surface area (TPSA) is 112 Å². The number of aromatic nitrogens is 2. The SMILES string of the molecule is O=[P+](O)C(O)(Cc1cnc2ccccn12)[P+](=O)O. The Morgan fingerprint density at radius 2 is 1.94 bits per heavy atom. The second-order valence-corrected chi connectivity index (χ2v) is 6.60. The van der Waals surface area contributed by atoms with Crippen molar-refractivity contribution in [1.82, 2.24) is 9.38 Å². The van der Waals surface area contributed by atoms with Crippen LogP contribution in [0.25, 0.3) is 5.65 Å². The molecule has 0 saturated carbocycles. The second kappa shape index (κ2) is 4.80. The quantitative estimate of drug-likeness (QED) is 0.723. The predicted molar refractivity (Wildman–Crippen MR) is 63.5 cm³/mol. The van der Waals surface area contributed by atoms with Crippen molar-refractivity contribution in [2.24, 2.45) is 0 Å². The lowest BCUT2D eigenvalue weighted by atomic mass is 10.3. The van der Waals surface area contributed by atoms with E-state index in [4.69, 9.17) is 9.79 Å². The zero-order valence-electron chi connectivity index (χ0n) is 9.04. The molecule has 0 aliphatic heterocycles. The lowest BCUT2D eigenvalue weighted by Gasteiger charge is -2.02. The van der Waals surface area contributed by atoms with E-state index in [2.05, 4.69) is 4.98 Å². The van der Waals surface area contributed by atoms with Gasteiger partial charge >= 0.3 is 21.1 Å². The normalized spacial score (nSPS) is 16.4. The van der Waals surface area contributed by atoms with Crippen LogP contribution in [-0.4, -0.2) is 29.4 Å². The molecule has 0 spiro atoms. The maximum Gasteiger partial charge on any atom is 0.600 e. The molecule has 2 aromatic heterocycles. The molecule has 0 bridgehead atoms. The van der Waals surface area contributed by atoms with Crippen LogP contribution in [0, 0.1) is 0 Å². The fourth-order valence-corrected chi connectivity index (χ4v) is 2.75. The highest BCUT2D eigenvalue weighted by Crippen LogP contribution is 2.51. The summed E-state index contributed by atoms with van der Waals surface area (Å²) in [7, 11) is -6.43. The first-order valence-electron chi connectivity index (χ1n) is 4.91. The Labute approximate surface area is 103 Å². The summed E-state index contributed by atoms with van der Waals surface area (Å²) in [6.07, 6.45) is 2.60. The van der Waals surface area contributed by atoms with Gasteiger partial charge in [0.05, 0.1) is 5.69 Å². The molecule has 7 nitrogen and oxygen atoms in total. The summed E-state index contributed by atoms with van der Waals surface area (Å²) in [4.78, 5) is 22.0. The van der Waals surface area contributed by atoms with Crippen LogP contribution in [0.3, 0.4) is 0 Å². The monoisotopic (exact) mass is 288 g/mol. The van der Waals surface area contributed by atoms with Crippen LogP contribution in [0.15, 0.2) is 30.6 Å². The summed E-state index contributed by atoms with van der Waals surface area (Å²) < 4.78 is 23.7. The van der Waals surface area contributed by atoms with Crippen LogP contribution >= 0.6 is 16.1 Å². The highest BCUT2D eigenvalue weighted by molar-refractivity contribution is 7.59. The van der Waals surface area contributed by atoms with Crippen molar-refractivity contribution >= 4 is 21.7 Å². The van der Waals surface area contributed by atoms with E-state index in [0.29, 0.717) is 11.3 Å². The first kappa shape index (κ1) is 13.2. The van der Waals surface area contributed by atoms with Gasteiger partial charge in [-0.05, 0) is 21.3 Å². The molecule has 0 radical (unpaired) electrons. The summed E-state index contributed by atoms with van der Waals surface area (Å²) in [5.74, 6) is 0. The van der Waals surface area contributed by atoms with Crippen molar-refractivity contribution in [3.63, 3.8) is 0 Å². The first-order valence-corrected chi connectivity index (χ1v) is 7.33. The van der Waals surface area contributed by atoms with Gasteiger partial charge in [-0.3, -0.25) is 0 Å².